The molecule has 2 aromatic carbocycles. The number of aromatic nitrogens is 2. The number of ether oxygens (including phenoxy) is 4. The molecule has 0 spiro atoms. The number of cyclic esters (lactones) is 1. The maximum absolute atomic E-state index is 14.1. The van der Waals surface area contributed by atoms with Gasteiger partial charge in [-0.05, 0) is 5.56 Å². The van der Waals surface area contributed by atoms with E-state index in [1.54, 1.807) is 17.6 Å². The number of carbonyl (C=O) groups is 3. The number of rotatable bonds is 11. The third-order valence-corrected chi connectivity index (χ3v) is 16.4. The summed E-state index contributed by atoms with van der Waals surface area (Å²) in [7, 11) is 0. The van der Waals surface area contributed by atoms with Crippen LogP contribution in [-0.4, -0.2) is 47.5 Å². The van der Waals surface area contributed by atoms with Gasteiger partial charge in [-0.2, -0.15) is 0 Å². The van der Waals surface area contributed by atoms with Gasteiger partial charge in [0.25, 0.3) is 0 Å². The summed E-state index contributed by atoms with van der Waals surface area (Å²) in [5.74, 6) is 3.80. The van der Waals surface area contributed by atoms with E-state index < -0.39 is 31.0 Å². The van der Waals surface area contributed by atoms with Crippen LogP contribution in [0, 0.1) is 0 Å². The number of para-hydroxylation sites is 1. The summed E-state index contributed by atoms with van der Waals surface area (Å²) in [6.07, 6.45) is 0.713. The second-order valence-electron chi connectivity index (χ2n) is 13.2. The number of benzene rings is 2. The van der Waals surface area contributed by atoms with Gasteiger partial charge in [-0.1, -0.05) is 30.3 Å². The van der Waals surface area contributed by atoms with Crippen LogP contribution in [-0.2, 0) is 60.3 Å². The molecule has 2 aromatic heterocycles. The Morgan fingerprint density at radius 3 is 2.50 bits per heavy atom. The zero-order valence-corrected chi connectivity index (χ0v) is 29.9. The van der Waals surface area contributed by atoms with E-state index in [-0.39, 0.29) is 36.7 Å². The van der Waals surface area contributed by atoms with Crippen molar-refractivity contribution in [2.45, 2.75) is 80.5 Å². The Balaban J connectivity index is 1.35. The Kier molecular flexibility index (Phi) is 9.47. The monoisotopic (exact) mass is 714 g/mol. The molecule has 0 N–H and O–H groups in total. The fraction of sp³-hybridized carbons (Fsp3) is 0.378. The Bertz CT molecular complexity index is 1950. The van der Waals surface area contributed by atoms with Crippen molar-refractivity contribution in [1.82, 2.24) is 9.55 Å². The predicted octanol–water partition coefficient (Wildman–Crippen LogP) is 6.64. The molecule has 1 atom stereocenters. The maximum atomic E-state index is 14.1. The Morgan fingerprint density at radius 1 is 1.00 bits per heavy atom. The SMILES string of the molecule is CC[C@@]1(OC(=O)OCc2ccccc2)C(=O)OCc2c1cc1n(c2=O)Cc2c-1nc1ccccc1c2C[CH2][Ge]([CH3])([CH3])[CH2]CCOC(C)=O. The zero-order chi connectivity index (χ0) is 34.1. The van der Waals surface area contributed by atoms with E-state index in [0.29, 0.717) is 30.1 Å². The van der Waals surface area contributed by atoms with Gasteiger partial charge in [0.2, 0.25) is 0 Å². The summed E-state index contributed by atoms with van der Waals surface area (Å²) in [6, 6.07) is 18.9. The number of fused-ring (bicyclic) bond motifs is 5. The summed E-state index contributed by atoms with van der Waals surface area (Å²) >= 11 is -2.23. The average Bonchev–Trinajstić information content (AvgIpc) is 3.44. The molecule has 250 valence electrons. The molecular formula is C37H40GeN2O8. The molecule has 0 saturated carbocycles. The molecule has 6 rings (SSSR count). The molecule has 4 heterocycles. The van der Waals surface area contributed by atoms with Crippen molar-refractivity contribution in [1.29, 1.82) is 0 Å². The minimum atomic E-state index is -2.23. The minimum absolute atomic E-state index is 0.0335. The first-order chi connectivity index (χ1) is 23.0. The van der Waals surface area contributed by atoms with Crippen LogP contribution in [0.2, 0.25) is 22.0 Å². The molecule has 0 unspecified atom stereocenters. The molecule has 0 saturated heterocycles. The van der Waals surface area contributed by atoms with E-state index in [9.17, 15) is 19.2 Å². The van der Waals surface area contributed by atoms with E-state index in [0.717, 1.165) is 45.4 Å². The summed E-state index contributed by atoms with van der Waals surface area (Å²) in [6.45, 7) is 3.68. The molecule has 2 aliphatic heterocycles. The van der Waals surface area contributed by atoms with Crippen LogP contribution in [0.25, 0.3) is 22.3 Å². The van der Waals surface area contributed by atoms with E-state index in [4.69, 9.17) is 23.9 Å². The Morgan fingerprint density at radius 2 is 1.75 bits per heavy atom. The zero-order valence-electron chi connectivity index (χ0n) is 27.8. The van der Waals surface area contributed by atoms with Crippen molar-refractivity contribution in [3.63, 3.8) is 0 Å². The number of nitrogens with zero attached hydrogens (tertiary/aromatic N) is 2. The molecular weight excluding hydrogens is 673 g/mol. The normalized spacial score (nSPS) is 16.5. The second-order valence-corrected chi connectivity index (χ2v) is 24.4. The topological polar surface area (TPSA) is 123 Å². The number of hydrogen-bond acceptors (Lipinski definition) is 9. The van der Waals surface area contributed by atoms with Crippen LogP contribution in [0.3, 0.4) is 0 Å². The van der Waals surface area contributed by atoms with Crippen molar-refractivity contribution in [3.8, 4) is 11.4 Å². The number of pyridine rings is 2. The summed E-state index contributed by atoms with van der Waals surface area (Å²) < 4.78 is 23.5. The van der Waals surface area contributed by atoms with Crippen molar-refractivity contribution >= 4 is 42.3 Å². The van der Waals surface area contributed by atoms with Crippen LogP contribution in [0.4, 0.5) is 4.79 Å². The van der Waals surface area contributed by atoms with Gasteiger partial charge < -0.3 is 0 Å². The fourth-order valence-corrected chi connectivity index (χ4v) is 11.6. The molecule has 0 amide bonds. The molecule has 2 aliphatic rings. The average molecular weight is 713 g/mol. The molecule has 4 aromatic rings. The first-order valence-electron chi connectivity index (χ1n) is 16.4. The Hall–Kier alpha value is -4.45. The van der Waals surface area contributed by atoms with E-state index >= 15 is 0 Å². The van der Waals surface area contributed by atoms with Gasteiger partial charge in [-0.3, -0.25) is 0 Å². The summed E-state index contributed by atoms with van der Waals surface area (Å²) in [4.78, 5) is 56.8. The molecule has 11 heteroatoms. The fourth-order valence-electron chi connectivity index (χ4n) is 6.80. The molecule has 48 heavy (non-hydrogen) atoms. The van der Waals surface area contributed by atoms with E-state index in [2.05, 4.69) is 17.6 Å². The standard InChI is InChI=1S/C37H40GeN2O8/c1-5-37(48-36(44)47-22-25-12-7-6-8-13-25)30-20-32-33-28(21-40(32)34(42)29(30)23-46-35(37)43)26(27-14-9-10-15-31(27)39-33)16-18-38(3,4)17-11-19-45-24(2)41/h6-10,12-15,20H,5,11,16-19,21-23H2,1-4H3/t37-/m0/s1. The predicted molar refractivity (Wildman–Crippen MR) is 182 cm³/mol. The molecule has 0 aliphatic carbocycles. The van der Waals surface area contributed by atoms with E-state index in [1.165, 1.54) is 12.5 Å². The van der Waals surface area contributed by atoms with Crippen molar-refractivity contribution in [2.24, 2.45) is 0 Å². The van der Waals surface area contributed by atoms with Crippen LogP contribution < -0.4 is 5.56 Å². The van der Waals surface area contributed by atoms with Gasteiger partial charge in [-0.25, -0.2) is 0 Å². The molecule has 0 fully saturated rings. The number of carbonyl (C=O) groups excluding carboxylic acids is 3. The van der Waals surface area contributed by atoms with Gasteiger partial charge in [0.05, 0.1) is 0 Å². The first kappa shape index (κ1) is 33.5. The van der Waals surface area contributed by atoms with Gasteiger partial charge >= 0.3 is 240 Å². The van der Waals surface area contributed by atoms with E-state index in [1.807, 2.05) is 48.5 Å². The molecule has 10 nitrogen and oxygen atoms in total. The van der Waals surface area contributed by atoms with Gasteiger partial charge in [0, 0.05) is 0 Å². The summed E-state index contributed by atoms with van der Waals surface area (Å²) in [5.41, 5.74) is 3.47. The summed E-state index contributed by atoms with van der Waals surface area (Å²) in [5, 5.41) is 3.19. The van der Waals surface area contributed by atoms with Gasteiger partial charge in [-0.15, -0.1) is 0 Å². The van der Waals surface area contributed by atoms with Crippen LogP contribution in [0.1, 0.15) is 54.5 Å². The molecule has 0 bridgehead atoms. The quantitative estimate of drug-likeness (QED) is 0.0642. The third kappa shape index (κ3) is 6.50. The number of esters is 2. The van der Waals surface area contributed by atoms with Crippen molar-refractivity contribution in [2.75, 3.05) is 6.61 Å². The third-order valence-electron chi connectivity index (χ3n) is 9.49. The van der Waals surface area contributed by atoms with Crippen LogP contribution in [0.15, 0.2) is 65.5 Å². The number of aryl methyl sites for hydroxylation is 1. The van der Waals surface area contributed by atoms with Crippen molar-refractivity contribution < 1.29 is 33.3 Å². The van der Waals surface area contributed by atoms with Crippen LogP contribution in [0.5, 0.6) is 0 Å². The van der Waals surface area contributed by atoms with Gasteiger partial charge in [0.1, 0.15) is 6.61 Å². The second kappa shape index (κ2) is 13.6. The number of hydrogen-bond donors (Lipinski definition) is 0. The van der Waals surface area contributed by atoms with Crippen LogP contribution >= 0.6 is 0 Å². The van der Waals surface area contributed by atoms with Crippen molar-refractivity contribution in [3.05, 3.63) is 98.8 Å². The van der Waals surface area contributed by atoms with Gasteiger partial charge in [0.15, 0.2) is 0 Å². The Labute approximate surface area is 281 Å². The molecule has 0 radical (unpaired) electrons. The first-order valence-corrected chi connectivity index (χ1v) is 23.6.